The number of carbonyl (C=O) groups is 1. The maximum Gasteiger partial charge on any atom is 0.255 e. The SMILES string of the molecule is COc1ccccc1NC(=O)C1=C(C)Nc2nc(SCc3ccccc3)nn2C1c1ccc(F)cc1. The van der Waals surface area contributed by atoms with E-state index >= 15 is 0 Å². The Morgan fingerprint density at radius 3 is 2.56 bits per heavy atom. The van der Waals surface area contributed by atoms with E-state index in [0.717, 1.165) is 5.56 Å². The summed E-state index contributed by atoms with van der Waals surface area (Å²) in [4.78, 5) is 18.3. The average Bonchev–Trinajstić information content (AvgIpc) is 3.30. The molecule has 0 saturated carbocycles. The van der Waals surface area contributed by atoms with E-state index in [2.05, 4.69) is 27.8 Å². The molecule has 0 radical (unpaired) electrons. The van der Waals surface area contributed by atoms with Crippen LogP contribution in [0.4, 0.5) is 16.0 Å². The number of rotatable bonds is 7. The number of hydrogen-bond donors (Lipinski definition) is 2. The number of hydrogen-bond acceptors (Lipinski definition) is 6. The molecule has 5 rings (SSSR count). The average molecular weight is 502 g/mol. The number of amides is 1. The monoisotopic (exact) mass is 501 g/mol. The van der Waals surface area contributed by atoms with Gasteiger partial charge in [0.05, 0.1) is 18.4 Å². The van der Waals surface area contributed by atoms with Gasteiger partial charge in [-0.1, -0.05) is 66.4 Å². The molecule has 1 unspecified atom stereocenters. The number of benzene rings is 3. The molecule has 1 aliphatic heterocycles. The lowest BCUT2D eigenvalue weighted by Crippen LogP contribution is -2.31. The summed E-state index contributed by atoms with van der Waals surface area (Å²) in [7, 11) is 1.55. The van der Waals surface area contributed by atoms with Gasteiger partial charge in [0.2, 0.25) is 11.1 Å². The summed E-state index contributed by atoms with van der Waals surface area (Å²) in [6.07, 6.45) is 0. The van der Waals surface area contributed by atoms with E-state index in [1.54, 1.807) is 36.1 Å². The number of aromatic nitrogens is 3. The molecular formula is C27H24FN5O2S. The van der Waals surface area contributed by atoms with E-state index in [1.807, 2.05) is 37.3 Å². The largest absolute Gasteiger partial charge is 0.495 e. The topological polar surface area (TPSA) is 81.1 Å². The van der Waals surface area contributed by atoms with Crippen LogP contribution in [0.25, 0.3) is 0 Å². The summed E-state index contributed by atoms with van der Waals surface area (Å²) in [6, 6.07) is 22.8. The van der Waals surface area contributed by atoms with Crippen molar-refractivity contribution < 1.29 is 13.9 Å². The molecule has 2 heterocycles. The second-order valence-electron chi connectivity index (χ2n) is 8.21. The highest BCUT2D eigenvalue weighted by molar-refractivity contribution is 7.98. The Balaban J connectivity index is 1.50. The molecule has 1 atom stereocenters. The van der Waals surface area contributed by atoms with Crippen molar-refractivity contribution >= 4 is 29.3 Å². The Morgan fingerprint density at radius 2 is 1.81 bits per heavy atom. The van der Waals surface area contributed by atoms with Crippen LogP contribution < -0.4 is 15.4 Å². The number of para-hydroxylation sites is 2. The summed E-state index contributed by atoms with van der Waals surface area (Å²) in [5, 5.41) is 11.5. The van der Waals surface area contributed by atoms with Gasteiger partial charge in [-0.3, -0.25) is 4.79 Å². The van der Waals surface area contributed by atoms with E-state index in [9.17, 15) is 9.18 Å². The fourth-order valence-electron chi connectivity index (χ4n) is 4.10. The highest BCUT2D eigenvalue weighted by Gasteiger charge is 2.34. The van der Waals surface area contributed by atoms with Crippen LogP contribution in [0.1, 0.15) is 24.1 Å². The van der Waals surface area contributed by atoms with Crippen LogP contribution in [-0.4, -0.2) is 27.8 Å². The first-order valence-electron chi connectivity index (χ1n) is 11.3. The van der Waals surface area contributed by atoms with Crippen LogP contribution in [0.5, 0.6) is 5.75 Å². The molecule has 0 saturated heterocycles. The van der Waals surface area contributed by atoms with Crippen molar-refractivity contribution in [3.05, 3.63) is 107 Å². The standard InChI is InChI=1S/C27H24FN5O2S/c1-17-23(25(34)30-21-10-6-7-11-22(21)35-2)24(19-12-14-20(28)15-13-19)33-26(29-17)31-27(32-33)36-16-18-8-4-3-5-9-18/h3-15,24H,16H2,1-2H3,(H,30,34)(H,29,31,32). The van der Waals surface area contributed by atoms with Crippen LogP contribution in [0.3, 0.4) is 0 Å². The van der Waals surface area contributed by atoms with Crippen molar-refractivity contribution in [3.8, 4) is 5.75 Å². The number of nitrogens with zero attached hydrogens (tertiary/aromatic N) is 3. The van der Waals surface area contributed by atoms with Gasteiger partial charge < -0.3 is 15.4 Å². The number of anilines is 2. The molecule has 0 aliphatic carbocycles. The zero-order valence-electron chi connectivity index (χ0n) is 19.7. The third kappa shape index (κ3) is 4.83. The number of methoxy groups -OCH3 is 1. The molecule has 0 spiro atoms. The van der Waals surface area contributed by atoms with Gasteiger partial charge in [-0.05, 0) is 42.3 Å². The number of fused-ring (bicyclic) bond motifs is 1. The van der Waals surface area contributed by atoms with Crippen molar-refractivity contribution in [2.24, 2.45) is 0 Å². The minimum atomic E-state index is -0.602. The van der Waals surface area contributed by atoms with Gasteiger partial charge in [0.15, 0.2) is 0 Å². The lowest BCUT2D eigenvalue weighted by molar-refractivity contribution is -0.113. The lowest BCUT2D eigenvalue weighted by Gasteiger charge is -2.28. The Hall–Kier alpha value is -4.11. The zero-order valence-corrected chi connectivity index (χ0v) is 20.6. The van der Waals surface area contributed by atoms with E-state index < -0.39 is 6.04 Å². The van der Waals surface area contributed by atoms with Gasteiger partial charge in [0, 0.05) is 11.4 Å². The molecule has 1 aliphatic rings. The molecule has 0 bridgehead atoms. The second-order valence-corrected chi connectivity index (χ2v) is 9.15. The molecule has 7 nitrogen and oxygen atoms in total. The van der Waals surface area contributed by atoms with Gasteiger partial charge in [-0.15, -0.1) is 5.10 Å². The predicted octanol–water partition coefficient (Wildman–Crippen LogP) is 5.65. The highest BCUT2D eigenvalue weighted by Crippen LogP contribution is 2.37. The van der Waals surface area contributed by atoms with Crippen molar-refractivity contribution in [1.29, 1.82) is 0 Å². The van der Waals surface area contributed by atoms with Crippen molar-refractivity contribution in [1.82, 2.24) is 14.8 Å². The first-order valence-corrected chi connectivity index (χ1v) is 12.3. The molecule has 3 aromatic carbocycles. The molecule has 182 valence electrons. The Labute approximate surface area is 212 Å². The maximum absolute atomic E-state index is 13.8. The van der Waals surface area contributed by atoms with Crippen molar-refractivity contribution in [2.45, 2.75) is 23.9 Å². The third-order valence-electron chi connectivity index (χ3n) is 5.83. The van der Waals surface area contributed by atoms with Gasteiger partial charge in [-0.2, -0.15) is 4.98 Å². The number of carbonyl (C=O) groups excluding carboxylic acids is 1. The van der Waals surface area contributed by atoms with Crippen LogP contribution in [0.15, 0.2) is 95.3 Å². The first kappa shape index (κ1) is 23.6. The van der Waals surface area contributed by atoms with Crippen molar-refractivity contribution in [2.75, 3.05) is 17.7 Å². The second kappa shape index (κ2) is 10.2. The zero-order chi connectivity index (χ0) is 25.1. The molecule has 0 fully saturated rings. The van der Waals surface area contributed by atoms with E-state index in [0.29, 0.717) is 45.1 Å². The van der Waals surface area contributed by atoms with Gasteiger partial charge in [0.1, 0.15) is 17.6 Å². The van der Waals surface area contributed by atoms with Crippen LogP contribution in [0.2, 0.25) is 0 Å². The number of halogens is 1. The number of ether oxygens (including phenoxy) is 1. The summed E-state index contributed by atoms with van der Waals surface area (Å²) >= 11 is 1.51. The third-order valence-corrected chi connectivity index (χ3v) is 6.74. The molecule has 1 aromatic heterocycles. The lowest BCUT2D eigenvalue weighted by atomic mass is 9.95. The minimum Gasteiger partial charge on any atom is -0.495 e. The summed E-state index contributed by atoms with van der Waals surface area (Å²) in [6.45, 7) is 1.82. The quantitative estimate of drug-likeness (QED) is 0.319. The van der Waals surface area contributed by atoms with Gasteiger partial charge >= 0.3 is 0 Å². The molecule has 4 aromatic rings. The Bertz CT molecular complexity index is 1420. The summed E-state index contributed by atoms with van der Waals surface area (Å²) in [5.74, 6) is 1.10. The summed E-state index contributed by atoms with van der Waals surface area (Å²) in [5.41, 5.74) is 3.50. The Kier molecular flexibility index (Phi) is 6.73. The van der Waals surface area contributed by atoms with Crippen LogP contribution in [0, 0.1) is 5.82 Å². The smallest absolute Gasteiger partial charge is 0.255 e. The van der Waals surface area contributed by atoms with Crippen LogP contribution in [-0.2, 0) is 10.5 Å². The fourth-order valence-corrected chi connectivity index (χ4v) is 4.88. The van der Waals surface area contributed by atoms with Gasteiger partial charge in [-0.25, -0.2) is 9.07 Å². The van der Waals surface area contributed by atoms with E-state index in [-0.39, 0.29) is 11.7 Å². The van der Waals surface area contributed by atoms with Crippen molar-refractivity contribution in [3.63, 3.8) is 0 Å². The minimum absolute atomic E-state index is 0.321. The summed E-state index contributed by atoms with van der Waals surface area (Å²) < 4.78 is 20.8. The molecule has 36 heavy (non-hydrogen) atoms. The normalized spacial score (nSPS) is 14.7. The van der Waals surface area contributed by atoms with E-state index in [1.165, 1.54) is 23.9 Å². The number of allylic oxidation sites excluding steroid dienone is 1. The molecular weight excluding hydrogens is 477 g/mol. The van der Waals surface area contributed by atoms with Crippen LogP contribution >= 0.6 is 11.8 Å². The maximum atomic E-state index is 13.8. The predicted molar refractivity (Wildman–Crippen MR) is 139 cm³/mol. The highest BCUT2D eigenvalue weighted by atomic mass is 32.2. The molecule has 9 heteroatoms. The number of thioether (sulfide) groups is 1. The van der Waals surface area contributed by atoms with Gasteiger partial charge in [0.25, 0.3) is 5.91 Å². The molecule has 2 N–H and O–H groups in total. The number of nitrogens with one attached hydrogen (secondary N) is 2. The van der Waals surface area contributed by atoms with E-state index in [4.69, 9.17) is 9.84 Å². The fraction of sp³-hybridized carbons (Fsp3) is 0.148. The molecule has 1 amide bonds. The first-order chi connectivity index (χ1) is 17.5. The Morgan fingerprint density at radius 1 is 1.08 bits per heavy atom.